The lowest BCUT2D eigenvalue weighted by atomic mass is 10.2. The Labute approximate surface area is 196 Å². The molecule has 1 amide bonds. The molecule has 1 fully saturated rings. The second-order valence-electron chi connectivity index (χ2n) is 8.31. The minimum absolute atomic E-state index is 0.179. The van der Waals surface area contributed by atoms with Gasteiger partial charge in [-0.3, -0.25) is 9.10 Å². The van der Waals surface area contributed by atoms with E-state index in [4.69, 9.17) is 0 Å². The van der Waals surface area contributed by atoms with Crippen LogP contribution in [0.15, 0.2) is 83.8 Å². The molecule has 6 nitrogen and oxygen atoms in total. The first-order valence-electron chi connectivity index (χ1n) is 11.1. The Morgan fingerprint density at radius 3 is 2.06 bits per heavy atom. The van der Waals surface area contributed by atoms with Gasteiger partial charge in [-0.05, 0) is 49.7 Å². The fourth-order valence-electron chi connectivity index (χ4n) is 4.06. The quantitative estimate of drug-likeness (QED) is 0.557. The molecule has 0 saturated carbocycles. The van der Waals surface area contributed by atoms with Crippen molar-refractivity contribution >= 4 is 27.3 Å². The van der Waals surface area contributed by atoms with E-state index in [2.05, 4.69) is 17.0 Å². The molecular formula is C26H29N3O3S. The monoisotopic (exact) mass is 463 g/mol. The van der Waals surface area contributed by atoms with E-state index < -0.39 is 10.0 Å². The first-order valence-corrected chi connectivity index (χ1v) is 12.5. The van der Waals surface area contributed by atoms with Crippen LogP contribution in [0.3, 0.4) is 0 Å². The van der Waals surface area contributed by atoms with Crippen LogP contribution in [0.4, 0.5) is 11.4 Å². The van der Waals surface area contributed by atoms with Crippen LogP contribution in [-0.2, 0) is 14.8 Å². The van der Waals surface area contributed by atoms with Crippen LogP contribution < -0.4 is 9.21 Å². The number of para-hydroxylation sites is 2. The average Bonchev–Trinajstić information content (AvgIpc) is 2.84. The smallest absolute Gasteiger partial charge is 0.264 e. The predicted octanol–water partition coefficient (Wildman–Crippen LogP) is 3.85. The second kappa shape index (κ2) is 9.67. The topological polar surface area (TPSA) is 60.9 Å². The number of piperazine rings is 1. The van der Waals surface area contributed by atoms with Crippen LogP contribution in [-0.4, -0.2) is 51.9 Å². The number of rotatable bonds is 6. The summed E-state index contributed by atoms with van der Waals surface area (Å²) >= 11 is 0. The van der Waals surface area contributed by atoms with Gasteiger partial charge in [0.1, 0.15) is 6.54 Å². The molecule has 0 unspecified atom stereocenters. The number of benzene rings is 3. The Kier molecular flexibility index (Phi) is 6.70. The number of nitrogens with zero attached hydrogens (tertiary/aromatic N) is 3. The largest absolute Gasteiger partial charge is 0.368 e. The number of aryl methyl sites for hydroxylation is 2. The number of anilines is 2. The number of amides is 1. The van der Waals surface area contributed by atoms with Gasteiger partial charge in [0.05, 0.1) is 10.6 Å². The van der Waals surface area contributed by atoms with Crippen LogP contribution in [0.2, 0.25) is 0 Å². The summed E-state index contributed by atoms with van der Waals surface area (Å²) < 4.78 is 28.4. The Morgan fingerprint density at radius 1 is 0.818 bits per heavy atom. The van der Waals surface area contributed by atoms with Crippen LogP contribution >= 0.6 is 0 Å². The molecule has 172 valence electrons. The molecule has 0 aliphatic carbocycles. The molecule has 0 bridgehead atoms. The van der Waals surface area contributed by atoms with Gasteiger partial charge in [0, 0.05) is 31.9 Å². The first kappa shape index (κ1) is 22.9. The Hall–Kier alpha value is -3.32. The Balaban J connectivity index is 1.55. The number of carbonyl (C=O) groups is 1. The summed E-state index contributed by atoms with van der Waals surface area (Å²) in [5.74, 6) is -0.193. The van der Waals surface area contributed by atoms with E-state index in [0.29, 0.717) is 31.9 Å². The van der Waals surface area contributed by atoms with E-state index in [-0.39, 0.29) is 17.3 Å². The van der Waals surface area contributed by atoms with Gasteiger partial charge in [0.25, 0.3) is 10.0 Å². The second-order valence-corrected chi connectivity index (χ2v) is 10.2. The fourth-order valence-corrected chi connectivity index (χ4v) is 5.53. The standard InChI is InChI=1S/C26H29N3O3S/c1-21-12-14-24(15-13-21)33(31,32)29(25-11-7-6-8-22(25)2)20-26(30)28-18-16-27(17-19-28)23-9-4-3-5-10-23/h3-15H,16-20H2,1-2H3. The summed E-state index contributed by atoms with van der Waals surface area (Å²) in [5.41, 5.74) is 3.43. The molecule has 0 spiro atoms. The maximum atomic E-state index is 13.6. The molecule has 33 heavy (non-hydrogen) atoms. The molecule has 1 aliphatic rings. The summed E-state index contributed by atoms with van der Waals surface area (Å²) in [6, 6.07) is 24.1. The van der Waals surface area contributed by atoms with Gasteiger partial charge in [0.2, 0.25) is 5.91 Å². The normalized spacial score (nSPS) is 14.2. The average molecular weight is 464 g/mol. The van der Waals surface area contributed by atoms with Crippen LogP contribution in [0, 0.1) is 13.8 Å². The highest BCUT2D eigenvalue weighted by atomic mass is 32.2. The number of hydrogen-bond acceptors (Lipinski definition) is 4. The van der Waals surface area contributed by atoms with Gasteiger partial charge in [0.15, 0.2) is 0 Å². The van der Waals surface area contributed by atoms with E-state index in [1.54, 1.807) is 41.3 Å². The van der Waals surface area contributed by atoms with Crippen LogP contribution in [0.25, 0.3) is 0 Å². The molecule has 0 N–H and O–H groups in total. The zero-order chi connectivity index (χ0) is 23.4. The van der Waals surface area contributed by atoms with Crippen molar-refractivity contribution in [3.05, 3.63) is 90.0 Å². The maximum Gasteiger partial charge on any atom is 0.264 e. The third-order valence-corrected chi connectivity index (χ3v) is 7.80. The van der Waals surface area contributed by atoms with Crippen molar-refractivity contribution in [3.63, 3.8) is 0 Å². The van der Waals surface area contributed by atoms with Crippen molar-refractivity contribution in [3.8, 4) is 0 Å². The van der Waals surface area contributed by atoms with E-state index >= 15 is 0 Å². The fraction of sp³-hybridized carbons (Fsp3) is 0.269. The minimum Gasteiger partial charge on any atom is -0.368 e. The molecule has 4 rings (SSSR count). The lowest BCUT2D eigenvalue weighted by Gasteiger charge is -2.37. The van der Waals surface area contributed by atoms with Gasteiger partial charge in [-0.15, -0.1) is 0 Å². The molecule has 1 aliphatic heterocycles. The molecular weight excluding hydrogens is 434 g/mol. The lowest BCUT2D eigenvalue weighted by Crippen LogP contribution is -2.52. The lowest BCUT2D eigenvalue weighted by molar-refractivity contribution is -0.129. The van der Waals surface area contributed by atoms with Gasteiger partial charge in [-0.25, -0.2) is 8.42 Å². The van der Waals surface area contributed by atoms with E-state index in [9.17, 15) is 13.2 Å². The molecule has 1 heterocycles. The highest BCUT2D eigenvalue weighted by Gasteiger charge is 2.31. The van der Waals surface area contributed by atoms with E-state index in [1.807, 2.05) is 44.2 Å². The van der Waals surface area contributed by atoms with Crippen LogP contribution in [0.5, 0.6) is 0 Å². The Morgan fingerprint density at radius 2 is 1.42 bits per heavy atom. The molecule has 1 saturated heterocycles. The summed E-state index contributed by atoms with van der Waals surface area (Å²) in [4.78, 5) is 17.4. The number of sulfonamides is 1. The highest BCUT2D eigenvalue weighted by Crippen LogP contribution is 2.27. The Bertz CT molecular complexity index is 1200. The van der Waals surface area contributed by atoms with Gasteiger partial charge in [-0.1, -0.05) is 54.1 Å². The van der Waals surface area contributed by atoms with E-state index in [1.165, 1.54) is 4.31 Å². The minimum atomic E-state index is -3.91. The first-order chi connectivity index (χ1) is 15.9. The van der Waals surface area contributed by atoms with Crippen molar-refractivity contribution in [2.75, 3.05) is 41.9 Å². The zero-order valence-electron chi connectivity index (χ0n) is 19.0. The van der Waals surface area contributed by atoms with Crippen molar-refractivity contribution in [2.45, 2.75) is 18.7 Å². The molecule has 0 aromatic heterocycles. The summed E-state index contributed by atoms with van der Waals surface area (Å²) in [5, 5.41) is 0. The maximum absolute atomic E-state index is 13.6. The zero-order valence-corrected chi connectivity index (χ0v) is 19.8. The van der Waals surface area contributed by atoms with E-state index in [0.717, 1.165) is 16.8 Å². The van der Waals surface area contributed by atoms with Crippen molar-refractivity contribution in [2.24, 2.45) is 0 Å². The third kappa shape index (κ3) is 5.03. The predicted molar refractivity (Wildman–Crippen MR) is 132 cm³/mol. The van der Waals surface area contributed by atoms with Gasteiger partial charge >= 0.3 is 0 Å². The van der Waals surface area contributed by atoms with Crippen molar-refractivity contribution in [1.82, 2.24) is 4.90 Å². The van der Waals surface area contributed by atoms with Gasteiger partial charge < -0.3 is 9.80 Å². The molecule has 0 radical (unpaired) electrons. The third-order valence-electron chi connectivity index (χ3n) is 6.03. The van der Waals surface area contributed by atoms with Crippen molar-refractivity contribution < 1.29 is 13.2 Å². The van der Waals surface area contributed by atoms with Crippen molar-refractivity contribution in [1.29, 1.82) is 0 Å². The summed E-state index contributed by atoms with van der Waals surface area (Å²) in [6.45, 7) is 6.08. The van der Waals surface area contributed by atoms with Gasteiger partial charge in [-0.2, -0.15) is 0 Å². The summed E-state index contributed by atoms with van der Waals surface area (Å²) in [7, 11) is -3.91. The summed E-state index contributed by atoms with van der Waals surface area (Å²) in [6.07, 6.45) is 0. The molecule has 0 atom stereocenters. The number of carbonyl (C=O) groups excluding carboxylic acids is 1. The van der Waals surface area contributed by atoms with Crippen LogP contribution in [0.1, 0.15) is 11.1 Å². The SMILES string of the molecule is Cc1ccc(S(=O)(=O)N(CC(=O)N2CCN(c3ccccc3)CC2)c2ccccc2C)cc1. The number of hydrogen-bond donors (Lipinski definition) is 0. The molecule has 3 aromatic carbocycles. The molecule has 7 heteroatoms. The molecule has 3 aromatic rings. The highest BCUT2D eigenvalue weighted by molar-refractivity contribution is 7.92.